The van der Waals surface area contributed by atoms with Crippen molar-refractivity contribution in [3.8, 4) is 0 Å². The van der Waals surface area contributed by atoms with Crippen LogP contribution in [0, 0.1) is 0 Å². The summed E-state index contributed by atoms with van der Waals surface area (Å²) in [5, 5.41) is 3.22. The zero-order valence-electron chi connectivity index (χ0n) is 8.00. The molecule has 0 aromatic carbocycles. The van der Waals surface area contributed by atoms with Crippen LogP contribution in [-0.2, 0) is 10.2 Å². The van der Waals surface area contributed by atoms with E-state index < -0.39 is 10.2 Å². The Hall–Kier alpha value is -0.170. The van der Waals surface area contributed by atoms with Crippen molar-refractivity contribution in [3.05, 3.63) is 0 Å². The van der Waals surface area contributed by atoms with Crippen LogP contribution in [0.4, 0.5) is 0 Å². The molecule has 0 radical (unpaired) electrons. The molecule has 0 spiro atoms. The predicted molar refractivity (Wildman–Crippen MR) is 51.6 cm³/mol. The highest BCUT2D eigenvalue weighted by Gasteiger charge is 2.24. The van der Waals surface area contributed by atoms with Crippen LogP contribution in [0.2, 0.25) is 0 Å². The first-order valence-corrected chi connectivity index (χ1v) is 5.97. The average molecular weight is 207 g/mol. The lowest BCUT2D eigenvalue weighted by Crippen LogP contribution is -2.53. The Morgan fingerprint density at radius 2 is 2.15 bits per heavy atom. The summed E-state index contributed by atoms with van der Waals surface area (Å²) in [6.45, 7) is 2.96. The van der Waals surface area contributed by atoms with Crippen LogP contribution in [0.3, 0.4) is 0 Å². The molecule has 78 valence electrons. The van der Waals surface area contributed by atoms with Gasteiger partial charge in [0.05, 0.1) is 0 Å². The summed E-state index contributed by atoms with van der Waals surface area (Å²) >= 11 is 0. The van der Waals surface area contributed by atoms with E-state index in [2.05, 4.69) is 14.8 Å². The van der Waals surface area contributed by atoms with Crippen LogP contribution in [0.1, 0.15) is 19.8 Å². The molecule has 2 atom stereocenters. The Morgan fingerprint density at radius 1 is 1.46 bits per heavy atom. The lowest BCUT2D eigenvalue weighted by atomic mass is 10.0. The van der Waals surface area contributed by atoms with Crippen molar-refractivity contribution in [1.82, 2.24) is 14.8 Å². The molecule has 0 bridgehead atoms. The standard InChI is InChI=1S/C7H17N3O2S/c1-6-7(4-3-5-9-6)10-13(11,12)8-2/h6-10H,3-5H2,1-2H3. The molecule has 1 saturated heterocycles. The van der Waals surface area contributed by atoms with Crippen LogP contribution >= 0.6 is 0 Å². The quantitative estimate of drug-likeness (QED) is 0.566. The third-order valence-corrected chi connectivity index (χ3v) is 3.49. The fraction of sp³-hybridized carbons (Fsp3) is 1.00. The van der Waals surface area contributed by atoms with Gasteiger partial charge in [-0.2, -0.15) is 13.1 Å². The molecule has 1 aliphatic rings. The summed E-state index contributed by atoms with van der Waals surface area (Å²) in [7, 11) is -1.89. The average Bonchev–Trinajstić information content (AvgIpc) is 2.09. The third kappa shape index (κ3) is 3.22. The van der Waals surface area contributed by atoms with Crippen molar-refractivity contribution in [2.24, 2.45) is 0 Å². The summed E-state index contributed by atoms with van der Waals surface area (Å²) in [5.41, 5.74) is 0. The molecular weight excluding hydrogens is 190 g/mol. The molecule has 1 rings (SSSR count). The van der Waals surface area contributed by atoms with Gasteiger partial charge in [-0.1, -0.05) is 0 Å². The molecule has 6 heteroatoms. The van der Waals surface area contributed by atoms with E-state index in [1.165, 1.54) is 7.05 Å². The van der Waals surface area contributed by atoms with Crippen molar-refractivity contribution < 1.29 is 8.42 Å². The minimum absolute atomic E-state index is 0.00574. The fourth-order valence-electron chi connectivity index (χ4n) is 1.46. The highest BCUT2D eigenvalue weighted by molar-refractivity contribution is 7.87. The van der Waals surface area contributed by atoms with E-state index in [-0.39, 0.29) is 12.1 Å². The van der Waals surface area contributed by atoms with Crippen LogP contribution < -0.4 is 14.8 Å². The molecule has 1 heterocycles. The molecular formula is C7H17N3O2S. The normalized spacial score (nSPS) is 30.3. The number of hydrogen-bond acceptors (Lipinski definition) is 3. The first kappa shape index (κ1) is 10.9. The van der Waals surface area contributed by atoms with Crippen LogP contribution in [0.5, 0.6) is 0 Å². The maximum absolute atomic E-state index is 11.2. The van der Waals surface area contributed by atoms with Crippen molar-refractivity contribution in [2.45, 2.75) is 31.8 Å². The monoisotopic (exact) mass is 207 g/mol. The lowest BCUT2D eigenvalue weighted by Gasteiger charge is -2.30. The highest BCUT2D eigenvalue weighted by Crippen LogP contribution is 2.08. The molecule has 1 aliphatic heterocycles. The maximum Gasteiger partial charge on any atom is 0.276 e. The van der Waals surface area contributed by atoms with Crippen molar-refractivity contribution in [2.75, 3.05) is 13.6 Å². The number of nitrogens with one attached hydrogen (secondary N) is 3. The van der Waals surface area contributed by atoms with E-state index >= 15 is 0 Å². The Bertz CT molecular complexity index is 252. The zero-order valence-corrected chi connectivity index (χ0v) is 8.82. The SMILES string of the molecule is CNS(=O)(=O)NC1CCCNC1C. The second-order valence-electron chi connectivity index (χ2n) is 3.32. The topological polar surface area (TPSA) is 70.2 Å². The van der Waals surface area contributed by atoms with Gasteiger partial charge in [0.15, 0.2) is 0 Å². The maximum atomic E-state index is 11.2. The summed E-state index contributed by atoms with van der Waals surface area (Å²) in [6.07, 6.45) is 1.91. The summed E-state index contributed by atoms with van der Waals surface area (Å²) < 4.78 is 27.2. The van der Waals surface area contributed by atoms with Gasteiger partial charge in [0.2, 0.25) is 0 Å². The zero-order chi connectivity index (χ0) is 9.90. The van der Waals surface area contributed by atoms with Gasteiger partial charge in [0.1, 0.15) is 0 Å². The Kier molecular flexibility index (Phi) is 3.66. The van der Waals surface area contributed by atoms with E-state index in [0.29, 0.717) is 0 Å². The third-order valence-electron chi connectivity index (χ3n) is 2.34. The van der Waals surface area contributed by atoms with Gasteiger partial charge in [-0.25, -0.2) is 4.72 Å². The van der Waals surface area contributed by atoms with Gasteiger partial charge < -0.3 is 5.32 Å². The van der Waals surface area contributed by atoms with Crippen molar-refractivity contribution >= 4 is 10.2 Å². The molecule has 3 N–H and O–H groups in total. The van der Waals surface area contributed by atoms with Gasteiger partial charge in [-0.15, -0.1) is 0 Å². The Balaban J connectivity index is 2.52. The summed E-state index contributed by atoms with van der Waals surface area (Å²) in [6, 6.07) is 0.211. The van der Waals surface area contributed by atoms with Gasteiger partial charge >= 0.3 is 0 Å². The van der Waals surface area contributed by atoms with Gasteiger partial charge in [-0.3, -0.25) is 0 Å². The number of hydrogen-bond donors (Lipinski definition) is 3. The molecule has 0 aromatic heterocycles. The van der Waals surface area contributed by atoms with Crippen LogP contribution in [0.25, 0.3) is 0 Å². The van der Waals surface area contributed by atoms with Crippen molar-refractivity contribution in [1.29, 1.82) is 0 Å². The molecule has 0 saturated carbocycles. The van der Waals surface area contributed by atoms with Crippen LogP contribution in [-0.4, -0.2) is 34.1 Å². The Morgan fingerprint density at radius 3 is 2.69 bits per heavy atom. The minimum atomic E-state index is -3.29. The molecule has 0 amide bonds. The highest BCUT2D eigenvalue weighted by atomic mass is 32.2. The van der Waals surface area contributed by atoms with Gasteiger partial charge in [-0.05, 0) is 26.3 Å². The largest absolute Gasteiger partial charge is 0.313 e. The molecule has 13 heavy (non-hydrogen) atoms. The number of piperidine rings is 1. The molecule has 1 fully saturated rings. The van der Waals surface area contributed by atoms with Crippen LogP contribution in [0.15, 0.2) is 0 Å². The van der Waals surface area contributed by atoms with Gasteiger partial charge in [0, 0.05) is 19.1 Å². The lowest BCUT2D eigenvalue weighted by molar-refractivity contribution is 0.348. The summed E-state index contributed by atoms with van der Waals surface area (Å²) in [5.74, 6) is 0. The first-order chi connectivity index (χ1) is 6.05. The van der Waals surface area contributed by atoms with E-state index in [4.69, 9.17) is 0 Å². The first-order valence-electron chi connectivity index (χ1n) is 4.49. The van der Waals surface area contributed by atoms with Gasteiger partial charge in [0.25, 0.3) is 10.2 Å². The fourth-order valence-corrected chi connectivity index (χ4v) is 2.30. The molecule has 5 nitrogen and oxygen atoms in total. The molecule has 0 aliphatic carbocycles. The van der Waals surface area contributed by atoms with Crippen molar-refractivity contribution in [3.63, 3.8) is 0 Å². The smallest absolute Gasteiger partial charge is 0.276 e. The molecule has 2 unspecified atom stereocenters. The second-order valence-corrected chi connectivity index (χ2v) is 4.97. The van der Waals surface area contributed by atoms with E-state index in [9.17, 15) is 8.42 Å². The summed E-state index contributed by atoms with van der Waals surface area (Å²) in [4.78, 5) is 0. The minimum Gasteiger partial charge on any atom is -0.313 e. The second kappa shape index (κ2) is 4.36. The van der Waals surface area contributed by atoms with E-state index in [1.807, 2.05) is 6.92 Å². The van der Waals surface area contributed by atoms with E-state index in [0.717, 1.165) is 19.4 Å². The Labute approximate surface area is 79.5 Å². The molecule has 0 aromatic rings. The van der Waals surface area contributed by atoms with E-state index in [1.54, 1.807) is 0 Å². The number of rotatable bonds is 3. The predicted octanol–water partition coefficient (Wildman–Crippen LogP) is -0.819.